The van der Waals surface area contributed by atoms with Crippen molar-refractivity contribution in [1.82, 2.24) is 0 Å². The highest BCUT2D eigenvalue weighted by Gasteiger charge is 2.29. The molecule has 21 heavy (non-hydrogen) atoms. The molecule has 0 saturated carbocycles. The number of carbonyl (C=O) groups is 2. The van der Waals surface area contributed by atoms with Crippen molar-refractivity contribution in [1.29, 1.82) is 0 Å². The highest BCUT2D eigenvalue weighted by Crippen LogP contribution is 2.23. The van der Waals surface area contributed by atoms with Crippen LogP contribution in [0.3, 0.4) is 0 Å². The molecular weight excluding hydrogens is 268 g/mol. The number of benzene rings is 1. The van der Waals surface area contributed by atoms with Crippen molar-refractivity contribution in [3.05, 3.63) is 35.9 Å². The van der Waals surface area contributed by atoms with Gasteiger partial charge >= 0.3 is 5.97 Å². The Hall–Kier alpha value is -1.68. The Morgan fingerprint density at radius 2 is 1.81 bits per heavy atom. The van der Waals surface area contributed by atoms with E-state index in [-0.39, 0.29) is 12.2 Å². The second-order valence-corrected chi connectivity index (χ2v) is 5.58. The van der Waals surface area contributed by atoms with Crippen LogP contribution in [0.2, 0.25) is 0 Å². The summed E-state index contributed by atoms with van der Waals surface area (Å²) >= 11 is 0. The molecule has 0 bridgehead atoms. The van der Waals surface area contributed by atoms with Gasteiger partial charge < -0.3 is 9.47 Å². The summed E-state index contributed by atoms with van der Waals surface area (Å²) in [6, 6.07) is 9.88. The molecule has 0 aliphatic rings. The van der Waals surface area contributed by atoms with Gasteiger partial charge in [0, 0.05) is 12.0 Å². The molecule has 0 aliphatic carbocycles. The first-order valence-corrected chi connectivity index (χ1v) is 7.26. The Morgan fingerprint density at radius 3 is 2.43 bits per heavy atom. The van der Waals surface area contributed by atoms with Crippen LogP contribution in [0.25, 0.3) is 0 Å². The summed E-state index contributed by atoms with van der Waals surface area (Å²) in [4.78, 5) is 23.4. The third-order valence-corrected chi connectivity index (χ3v) is 3.35. The average molecular weight is 292 g/mol. The van der Waals surface area contributed by atoms with Crippen LogP contribution in [-0.2, 0) is 25.7 Å². The monoisotopic (exact) mass is 292 g/mol. The highest BCUT2D eigenvalue weighted by molar-refractivity contribution is 5.98. The summed E-state index contributed by atoms with van der Waals surface area (Å²) in [6.07, 6.45) is 0.414. The van der Waals surface area contributed by atoms with Crippen LogP contribution in [0.4, 0.5) is 0 Å². The van der Waals surface area contributed by atoms with E-state index in [0.29, 0.717) is 26.2 Å². The van der Waals surface area contributed by atoms with Crippen LogP contribution < -0.4 is 0 Å². The highest BCUT2D eigenvalue weighted by atomic mass is 16.5. The fraction of sp³-hybridized carbons (Fsp3) is 0.529. The Balaban J connectivity index is 2.31. The molecule has 0 amide bonds. The van der Waals surface area contributed by atoms with Crippen LogP contribution in [0.5, 0.6) is 0 Å². The second kappa shape index (κ2) is 8.57. The van der Waals surface area contributed by atoms with E-state index >= 15 is 0 Å². The summed E-state index contributed by atoms with van der Waals surface area (Å²) in [5.41, 5.74) is 0.525. The lowest BCUT2D eigenvalue weighted by Crippen LogP contribution is -2.28. The molecule has 0 N–H and O–H groups in total. The van der Waals surface area contributed by atoms with E-state index in [1.54, 1.807) is 6.92 Å². The van der Waals surface area contributed by atoms with E-state index in [1.165, 1.54) is 0 Å². The van der Waals surface area contributed by atoms with Crippen molar-refractivity contribution in [2.24, 2.45) is 5.41 Å². The van der Waals surface area contributed by atoms with Gasteiger partial charge in [0.1, 0.15) is 12.2 Å². The summed E-state index contributed by atoms with van der Waals surface area (Å²) in [7, 11) is 0. The van der Waals surface area contributed by atoms with Crippen LogP contribution in [0.1, 0.15) is 39.2 Å². The maximum absolute atomic E-state index is 12.1. The smallest absolute Gasteiger partial charge is 0.313 e. The number of ether oxygens (including phenoxy) is 2. The summed E-state index contributed by atoms with van der Waals surface area (Å²) in [5.74, 6) is -0.565. The maximum atomic E-state index is 12.1. The van der Waals surface area contributed by atoms with E-state index in [1.807, 2.05) is 44.2 Å². The Labute approximate surface area is 126 Å². The van der Waals surface area contributed by atoms with Crippen LogP contribution in [0.15, 0.2) is 30.3 Å². The topological polar surface area (TPSA) is 52.6 Å². The van der Waals surface area contributed by atoms with Gasteiger partial charge in [-0.25, -0.2) is 0 Å². The fourth-order valence-corrected chi connectivity index (χ4v) is 1.81. The predicted molar refractivity (Wildman–Crippen MR) is 80.8 cm³/mol. The number of hydrogen-bond acceptors (Lipinski definition) is 4. The zero-order valence-corrected chi connectivity index (χ0v) is 13.1. The first-order chi connectivity index (χ1) is 9.95. The third-order valence-electron chi connectivity index (χ3n) is 3.35. The minimum absolute atomic E-state index is 0.107. The molecule has 0 unspecified atom stereocenters. The van der Waals surface area contributed by atoms with E-state index < -0.39 is 11.4 Å². The zero-order valence-electron chi connectivity index (χ0n) is 13.1. The summed E-state index contributed by atoms with van der Waals surface area (Å²) < 4.78 is 10.4. The molecule has 4 heteroatoms. The number of ketones is 1. The van der Waals surface area contributed by atoms with Gasteiger partial charge in [0.05, 0.1) is 13.2 Å². The number of rotatable bonds is 9. The minimum atomic E-state index is -0.580. The molecule has 1 rings (SSSR count). The van der Waals surface area contributed by atoms with Gasteiger partial charge in [0.2, 0.25) is 0 Å². The molecule has 0 atom stereocenters. The van der Waals surface area contributed by atoms with E-state index in [2.05, 4.69) is 0 Å². The predicted octanol–water partition coefficient (Wildman–Crippen LogP) is 3.14. The van der Waals surface area contributed by atoms with Crippen molar-refractivity contribution < 1.29 is 19.1 Å². The standard InChI is InChI=1S/C17H24O4/c1-4-21-16(19)12-15(18)17(2,3)10-11-20-13-14-8-6-5-7-9-14/h5-9H,4,10-13H2,1-3H3. The largest absolute Gasteiger partial charge is 0.466 e. The van der Waals surface area contributed by atoms with E-state index in [9.17, 15) is 9.59 Å². The van der Waals surface area contributed by atoms with E-state index in [0.717, 1.165) is 5.56 Å². The van der Waals surface area contributed by atoms with Crippen molar-refractivity contribution in [3.8, 4) is 0 Å². The Morgan fingerprint density at radius 1 is 1.14 bits per heavy atom. The van der Waals surface area contributed by atoms with E-state index in [4.69, 9.17) is 9.47 Å². The Bertz CT molecular complexity index is 451. The number of esters is 1. The third kappa shape index (κ3) is 6.54. The van der Waals surface area contributed by atoms with Crippen LogP contribution in [-0.4, -0.2) is 25.0 Å². The zero-order chi connectivity index (χ0) is 15.7. The van der Waals surface area contributed by atoms with Gasteiger partial charge in [0.25, 0.3) is 0 Å². The SMILES string of the molecule is CCOC(=O)CC(=O)C(C)(C)CCOCc1ccccc1. The van der Waals surface area contributed by atoms with Crippen molar-refractivity contribution in [2.45, 2.75) is 40.2 Å². The fourth-order valence-electron chi connectivity index (χ4n) is 1.81. The molecule has 0 saturated heterocycles. The molecule has 0 aromatic heterocycles. The summed E-state index contributed by atoms with van der Waals surface area (Å²) in [6.45, 7) is 6.71. The van der Waals surface area contributed by atoms with Crippen LogP contribution >= 0.6 is 0 Å². The lowest BCUT2D eigenvalue weighted by molar-refractivity contribution is -0.147. The average Bonchev–Trinajstić information content (AvgIpc) is 2.45. The van der Waals surface area contributed by atoms with Gasteiger partial charge in [-0.15, -0.1) is 0 Å². The van der Waals surface area contributed by atoms with Gasteiger partial charge in [-0.3, -0.25) is 9.59 Å². The first-order valence-electron chi connectivity index (χ1n) is 7.26. The molecule has 1 aromatic carbocycles. The second-order valence-electron chi connectivity index (χ2n) is 5.58. The van der Waals surface area contributed by atoms with Crippen molar-refractivity contribution >= 4 is 11.8 Å². The molecule has 0 aliphatic heterocycles. The van der Waals surface area contributed by atoms with Gasteiger partial charge in [0.15, 0.2) is 0 Å². The number of hydrogen-bond donors (Lipinski definition) is 0. The maximum Gasteiger partial charge on any atom is 0.313 e. The molecular formula is C17H24O4. The molecule has 0 fully saturated rings. The Kier molecular flexibility index (Phi) is 7.09. The number of Topliss-reactive ketones (excluding diaryl/α,β-unsaturated/α-hetero) is 1. The van der Waals surface area contributed by atoms with Gasteiger partial charge in [-0.2, -0.15) is 0 Å². The summed E-state index contributed by atoms with van der Waals surface area (Å²) in [5, 5.41) is 0. The lowest BCUT2D eigenvalue weighted by Gasteiger charge is -2.22. The molecule has 0 radical (unpaired) electrons. The van der Waals surface area contributed by atoms with Crippen molar-refractivity contribution in [3.63, 3.8) is 0 Å². The normalized spacial score (nSPS) is 11.2. The van der Waals surface area contributed by atoms with Gasteiger partial charge in [-0.05, 0) is 18.9 Å². The van der Waals surface area contributed by atoms with Crippen molar-refractivity contribution in [2.75, 3.05) is 13.2 Å². The van der Waals surface area contributed by atoms with Crippen LogP contribution in [0, 0.1) is 5.41 Å². The van der Waals surface area contributed by atoms with Gasteiger partial charge in [-0.1, -0.05) is 44.2 Å². The molecule has 0 spiro atoms. The minimum Gasteiger partial charge on any atom is -0.466 e. The molecule has 1 aromatic rings. The molecule has 116 valence electrons. The molecule has 0 heterocycles. The quantitative estimate of drug-likeness (QED) is 0.398. The molecule has 4 nitrogen and oxygen atoms in total. The number of carbonyl (C=O) groups excluding carboxylic acids is 2. The lowest BCUT2D eigenvalue weighted by atomic mass is 9.83. The first kappa shape index (κ1) is 17.4.